The van der Waals surface area contributed by atoms with Gasteiger partial charge in [0, 0.05) is 57.4 Å². The highest BCUT2D eigenvalue weighted by molar-refractivity contribution is 7.27. The molecule has 15 aromatic rings. The van der Waals surface area contributed by atoms with E-state index in [4.69, 9.17) is 0 Å². The zero-order valence-electron chi connectivity index (χ0n) is 42.4. The van der Waals surface area contributed by atoms with Gasteiger partial charge < -0.3 is 4.90 Å². The molecule has 0 fully saturated rings. The van der Waals surface area contributed by atoms with E-state index in [1.54, 1.807) is 0 Å². The fourth-order valence-corrected chi connectivity index (χ4v) is 15.8. The Labute approximate surface area is 460 Å². The molecule has 3 heteroatoms. The summed E-state index contributed by atoms with van der Waals surface area (Å²) in [7, 11) is 0. The van der Waals surface area contributed by atoms with E-state index in [0.717, 1.165) is 17.1 Å². The summed E-state index contributed by atoms with van der Waals surface area (Å²) in [6, 6.07) is 106. The molecule has 0 unspecified atom stereocenters. The Balaban J connectivity index is 0.823. The second kappa shape index (κ2) is 17.9. The van der Waals surface area contributed by atoms with Gasteiger partial charge in [-0.2, -0.15) is 0 Å². The Morgan fingerprint density at radius 2 is 0.615 bits per heavy atom. The molecule has 0 amide bonds. The number of thiophene rings is 2. The zero-order valence-corrected chi connectivity index (χ0v) is 44.0. The molecule has 0 N–H and O–H groups in total. The summed E-state index contributed by atoms with van der Waals surface area (Å²) in [4.78, 5) is 2.41. The van der Waals surface area contributed by atoms with Gasteiger partial charge in [-0.25, -0.2) is 0 Å². The summed E-state index contributed by atoms with van der Waals surface area (Å²) in [6.07, 6.45) is 0. The average molecular weight is 1030 g/mol. The predicted molar refractivity (Wildman–Crippen MR) is 336 cm³/mol. The second-order valence-corrected chi connectivity index (χ2v) is 22.7. The highest BCUT2D eigenvalue weighted by Crippen LogP contribution is 2.58. The molecule has 13 aromatic carbocycles. The van der Waals surface area contributed by atoms with Gasteiger partial charge in [-0.3, -0.25) is 0 Å². The molecule has 364 valence electrons. The van der Waals surface area contributed by atoms with Gasteiger partial charge in [0.1, 0.15) is 0 Å². The van der Waals surface area contributed by atoms with Crippen molar-refractivity contribution in [3.63, 3.8) is 0 Å². The number of anilines is 3. The van der Waals surface area contributed by atoms with Crippen molar-refractivity contribution in [1.29, 1.82) is 0 Å². The quantitative estimate of drug-likeness (QED) is 0.147. The van der Waals surface area contributed by atoms with E-state index >= 15 is 0 Å². The summed E-state index contributed by atoms with van der Waals surface area (Å²) in [5.74, 6) is 0. The first-order valence-corrected chi connectivity index (χ1v) is 28.4. The van der Waals surface area contributed by atoms with E-state index in [-0.39, 0.29) is 0 Å². The largest absolute Gasteiger partial charge is 0.311 e. The SMILES string of the molecule is c1ccc(C2(c3ccccc3)c3ccccc3-c3c(-c4ccc(N(c5ccc(-c6cccc7c6sc6c8ccccc8ccc76)cc5)c5ccc(-c6cccc7c6sc6c8ccccc8ccc76)cc5)cc4)cccc32)cc1. The van der Waals surface area contributed by atoms with Crippen LogP contribution in [0.25, 0.3) is 106 Å². The Bertz CT molecular complexity index is 4580. The van der Waals surface area contributed by atoms with Crippen LogP contribution in [0.2, 0.25) is 0 Å². The van der Waals surface area contributed by atoms with Crippen molar-refractivity contribution < 1.29 is 0 Å². The van der Waals surface area contributed by atoms with Gasteiger partial charge >= 0.3 is 0 Å². The number of fused-ring (bicyclic) bond motifs is 13. The summed E-state index contributed by atoms with van der Waals surface area (Å²) in [5.41, 5.74) is 17.9. The van der Waals surface area contributed by atoms with Crippen LogP contribution in [0.5, 0.6) is 0 Å². The predicted octanol–water partition coefficient (Wildman–Crippen LogP) is 21.6. The average Bonchev–Trinajstić information content (AvgIpc) is 4.32. The summed E-state index contributed by atoms with van der Waals surface area (Å²) >= 11 is 3.82. The van der Waals surface area contributed by atoms with Gasteiger partial charge in [0.15, 0.2) is 0 Å². The van der Waals surface area contributed by atoms with Crippen LogP contribution in [-0.2, 0) is 5.41 Å². The Morgan fingerprint density at radius 1 is 0.244 bits per heavy atom. The Hall–Kier alpha value is -9.38. The zero-order chi connectivity index (χ0) is 51.3. The lowest BCUT2D eigenvalue weighted by Crippen LogP contribution is -2.28. The molecule has 0 saturated carbocycles. The summed E-state index contributed by atoms with van der Waals surface area (Å²) < 4.78 is 5.33. The molecular formula is C75H47NS2. The Morgan fingerprint density at radius 3 is 1.13 bits per heavy atom. The standard InChI is InChI=1S/C75H47NS2/c1-3-18-53(19-4-1)75(54-20-5-2-6-21-54)68-30-12-11-24-67(68)70-58(25-15-31-69(70)75)50-32-40-55(41-33-50)76(56-42-34-51(35-43-56)61-26-13-28-63-65-46-38-48-16-7-9-22-59(48)73(65)77-71(61)63)57-44-36-52(37-45-57)62-27-14-29-64-66-47-39-49-17-8-10-23-60(49)74(66)78-72(62)64/h1-47H. The molecule has 0 bridgehead atoms. The molecule has 0 spiro atoms. The number of hydrogen-bond donors (Lipinski definition) is 0. The van der Waals surface area contributed by atoms with E-state index in [1.165, 1.54) is 129 Å². The first kappa shape index (κ1) is 44.9. The maximum Gasteiger partial charge on any atom is 0.0713 e. The molecule has 16 rings (SSSR count). The molecule has 0 radical (unpaired) electrons. The van der Waals surface area contributed by atoms with E-state index in [1.807, 2.05) is 22.7 Å². The highest BCUT2D eigenvalue weighted by atomic mass is 32.1. The number of hydrogen-bond acceptors (Lipinski definition) is 3. The minimum atomic E-state index is -0.465. The number of rotatable bonds is 8. The summed E-state index contributed by atoms with van der Waals surface area (Å²) in [6.45, 7) is 0. The van der Waals surface area contributed by atoms with E-state index in [0.29, 0.717) is 0 Å². The van der Waals surface area contributed by atoms with E-state index in [9.17, 15) is 0 Å². The maximum atomic E-state index is 2.41. The van der Waals surface area contributed by atoms with Gasteiger partial charge in [-0.15, -0.1) is 22.7 Å². The third kappa shape index (κ3) is 6.78. The molecule has 0 atom stereocenters. The molecule has 2 aromatic heterocycles. The molecule has 1 aliphatic carbocycles. The van der Waals surface area contributed by atoms with Crippen LogP contribution in [0.4, 0.5) is 17.1 Å². The monoisotopic (exact) mass is 1030 g/mol. The molecular weight excluding hydrogens is 979 g/mol. The van der Waals surface area contributed by atoms with Crippen molar-refractivity contribution in [2.75, 3.05) is 4.90 Å². The fourth-order valence-electron chi connectivity index (χ4n) is 13.1. The molecule has 78 heavy (non-hydrogen) atoms. The van der Waals surface area contributed by atoms with Crippen LogP contribution in [0.1, 0.15) is 22.3 Å². The topological polar surface area (TPSA) is 3.24 Å². The van der Waals surface area contributed by atoms with Crippen molar-refractivity contribution >= 4 is 102 Å². The molecule has 2 heterocycles. The van der Waals surface area contributed by atoms with Gasteiger partial charge in [-0.05, 0) is 125 Å². The summed E-state index contributed by atoms with van der Waals surface area (Å²) in [5, 5.41) is 10.4. The van der Waals surface area contributed by atoms with Crippen molar-refractivity contribution in [1.82, 2.24) is 0 Å². The van der Waals surface area contributed by atoms with E-state index < -0.39 is 5.41 Å². The molecule has 1 aliphatic rings. The van der Waals surface area contributed by atoms with Crippen molar-refractivity contribution in [2.24, 2.45) is 0 Å². The highest BCUT2D eigenvalue weighted by Gasteiger charge is 2.46. The lowest BCUT2D eigenvalue weighted by molar-refractivity contribution is 0.768. The minimum Gasteiger partial charge on any atom is -0.311 e. The van der Waals surface area contributed by atoms with Crippen LogP contribution < -0.4 is 4.90 Å². The lowest BCUT2D eigenvalue weighted by Gasteiger charge is -2.34. The lowest BCUT2D eigenvalue weighted by atomic mass is 9.67. The third-order valence-corrected chi connectivity index (χ3v) is 19.1. The first-order valence-electron chi connectivity index (χ1n) is 26.8. The second-order valence-electron chi connectivity index (χ2n) is 20.6. The minimum absolute atomic E-state index is 0.465. The van der Waals surface area contributed by atoms with Crippen molar-refractivity contribution in [3.8, 4) is 44.5 Å². The number of benzene rings is 13. The molecule has 0 aliphatic heterocycles. The Kier molecular flexibility index (Phi) is 10.3. The smallest absolute Gasteiger partial charge is 0.0713 e. The van der Waals surface area contributed by atoms with Gasteiger partial charge in [0.2, 0.25) is 0 Å². The maximum absolute atomic E-state index is 2.41. The fraction of sp³-hybridized carbons (Fsp3) is 0.0133. The van der Waals surface area contributed by atoms with E-state index in [2.05, 4.69) is 290 Å². The van der Waals surface area contributed by atoms with Crippen LogP contribution in [0.3, 0.4) is 0 Å². The molecule has 0 saturated heterocycles. The van der Waals surface area contributed by atoms with Crippen LogP contribution in [0, 0.1) is 0 Å². The van der Waals surface area contributed by atoms with Gasteiger partial charge in [0.05, 0.1) is 5.41 Å². The van der Waals surface area contributed by atoms with Gasteiger partial charge in [-0.1, -0.05) is 249 Å². The first-order chi connectivity index (χ1) is 38.7. The van der Waals surface area contributed by atoms with Crippen molar-refractivity contribution in [3.05, 3.63) is 307 Å². The van der Waals surface area contributed by atoms with Gasteiger partial charge in [0.25, 0.3) is 0 Å². The molecule has 1 nitrogen and oxygen atoms in total. The normalized spacial score (nSPS) is 12.7. The van der Waals surface area contributed by atoms with Crippen LogP contribution >= 0.6 is 22.7 Å². The van der Waals surface area contributed by atoms with Crippen LogP contribution in [0.15, 0.2) is 285 Å². The third-order valence-electron chi connectivity index (χ3n) is 16.6. The van der Waals surface area contributed by atoms with Crippen molar-refractivity contribution in [2.45, 2.75) is 5.41 Å². The number of nitrogens with zero attached hydrogens (tertiary/aromatic N) is 1. The van der Waals surface area contributed by atoms with Crippen LogP contribution in [-0.4, -0.2) is 0 Å².